The van der Waals surface area contributed by atoms with Crippen molar-refractivity contribution in [2.45, 2.75) is 45.6 Å². The van der Waals surface area contributed by atoms with Gasteiger partial charge in [-0.25, -0.2) is 0 Å². The molecule has 0 amide bonds. The summed E-state index contributed by atoms with van der Waals surface area (Å²) < 4.78 is 0. The summed E-state index contributed by atoms with van der Waals surface area (Å²) in [4.78, 5) is 2.53. The minimum atomic E-state index is -0.155. The summed E-state index contributed by atoms with van der Waals surface area (Å²) in [5.74, 6) is 0. The maximum atomic E-state index is 8.94. The van der Waals surface area contributed by atoms with E-state index in [4.69, 9.17) is 5.26 Å². The van der Waals surface area contributed by atoms with Crippen LogP contribution < -0.4 is 5.32 Å². The van der Waals surface area contributed by atoms with Gasteiger partial charge in [-0.15, -0.1) is 0 Å². The van der Waals surface area contributed by atoms with E-state index in [1.54, 1.807) is 0 Å². The lowest BCUT2D eigenvalue weighted by Crippen LogP contribution is -2.44. The van der Waals surface area contributed by atoms with Gasteiger partial charge in [0.25, 0.3) is 0 Å². The first kappa shape index (κ1) is 13.5. The first-order valence-corrected chi connectivity index (χ1v) is 6.38. The zero-order chi connectivity index (χ0) is 12.0. The van der Waals surface area contributed by atoms with Crippen LogP contribution in [-0.4, -0.2) is 37.6 Å². The van der Waals surface area contributed by atoms with Crippen LogP contribution >= 0.6 is 0 Å². The fourth-order valence-electron chi connectivity index (χ4n) is 2.29. The summed E-state index contributed by atoms with van der Waals surface area (Å²) in [6, 6.07) is 3.03. The number of hydrogen-bond acceptors (Lipinski definition) is 3. The molecule has 0 radical (unpaired) electrons. The van der Waals surface area contributed by atoms with E-state index in [1.807, 2.05) is 20.9 Å². The van der Waals surface area contributed by atoms with Gasteiger partial charge < -0.3 is 10.2 Å². The van der Waals surface area contributed by atoms with E-state index < -0.39 is 0 Å². The Hall–Kier alpha value is -0.590. The largest absolute Gasteiger partial charge is 0.316 e. The van der Waals surface area contributed by atoms with Crippen molar-refractivity contribution in [1.82, 2.24) is 10.2 Å². The van der Waals surface area contributed by atoms with E-state index >= 15 is 0 Å². The molecule has 1 N–H and O–H groups in total. The van der Waals surface area contributed by atoms with Gasteiger partial charge in [0.15, 0.2) is 0 Å². The fourth-order valence-corrected chi connectivity index (χ4v) is 2.29. The van der Waals surface area contributed by atoms with Crippen LogP contribution in [0.1, 0.15) is 39.5 Å². The minimum Gasteiger partial charge on any atom is -0.316 e. The summed E-state index contributed by atoms with van der Waals surface area (Å²) in [6.07, 6.45) is 4.74. The van der Waals surface area contributed by atoms with Crippen LogP contribution in [0.4, 0.5) is 0 Å². The molecule has 3 heteroatoms. The van der Waals surface area contributed by atoms with Crippen LogP contribution in [0.25, 0.3) is 0 Å². The lowest BCUT2D eigenvalue weighted by molar-refractivity contribution is 0.187. The molecule has 1 atom stereocenters. The Kier molecular flexibility index (Phi) is 5.24. The van der Waals surface area contributed by atoms with Crippen molar-refractivity contribution in [2.75, 3.05) is 26.7 Å². The molecule has 1 rings (SSSR count). The van der Waals surface area contributed by atoms with Crippen LogP contribution in [0.5, 0.6) is 0 Å². The van der Waals surface area contributed by atoms with Crippen molar-refractivity contribution in [2.24, 2.45) is 5.41 Å². The zero-order valence-electron chi connectivity index (χ0n) is 10.9. The number of likely N-dealkylation sites (N-methyl/N-ethyl adjacent to an activating group) is 1. The first-order valence-electron chi connectivity index (χ1n) is 6.38. The lowest BCUT2D eigenvalue weighted by atomic mass is 9.89. The Bertz CT molecular complexity index is 242. The normalized spacial score (nSPS) is 23.0. The van der Waals surface area contributed by atoms with Gasteiger partial charge in [-0.05, 0) is 59.7 Å². The quantitative estimate of drug-likeness (QED) is 0.775. The molecule has 3 nitrogen and oxygen atoms in total. The predicted molar refractivity (Wildman–Crippen MR) is 67.1 cm³/mol. The third kappa shape index (κ3) is 4.51. The second kappa shape index (κ2) is 6.22. The number of piperidine rings is 1. The highest BCUT2D eigenvalue weighted by atomic mass is 15.2. The van der Waals surface area contributed by atoms with E-state index in [-0.39, 0.29) is 5.41 Å². The minimum absolute atomic E-state index is 0.155. The molecule has 1 aliphatic heterocycles. The molecule has 1 unspecified atom stereocenters. The third-order valence-corrected chi connectivity index (χ3v) is 3.49. The molecule has 0 aliphatic carbocycles. The maximum absolute atomic E-state index is 8.94. The average Bonchev–Trinajstić information content (AvgIpc) is 2.29. The highest BCUT2D eigenvalue weighted by molar-refractivity contribution is 4.91. The summed E-state index contributed by atoms with van der Waals surface area (Å²) >= 11 is 0. The van der Waals surface area contributed by atoms with Crippen molar-refractivity contribution in [3.05, 3.63) is 0 Å². The van der Waals surface area contributed by atoms with Gasteiger partial charge in [0, 0.05) is 12.6 Å². The van der Waals surface area contributed by atoms with Crippen LogP contribution in [0.15, 0.2) is 0 Å². The monoisotopic (exact) mass is 223 g/mol. The molecule has 0 bridgehead atoms. The van der Waals surface area contributed by atoms with Gasteiger partial charge in [0.1, 0.15) is 0 Å². The average molecular weight is 223 g/mol. The molecular weight excluding hydrogens is 198 g/mol. The Labute approximate surface area is 99.8 Å². The van der Waals surface area contributed by atoms with Gasteiger partial charge >= 0.3 is 0 Å². The molecule has 1 fully saturated rings. The third-order valence-electron chi connectivity index (χ3n) is 3.49. The first-order chi connectivity index (χ1) is 7.57. The highest BCUT2D eigenvalue weighted by Gasteiger charge is 2.20. The fraction of sp³-hybridized carbons (Fsp3) is 0.923. The highest BCUT2D eigenvalue weighted by Crippen LogP contribution is 2.21. The summed E-state index contributed by atoms with van der Waals surface area (Å²) in [5, 5.41) is 12.3. The SMILES string of the molecule is CNC1CCCN(CCCC(C)(C)C#N)C1. The number of nitrogens with zero attached hydrogens (tertiary/aromatic N) is 2. The van der Waals surface area contributed by atoms with Crippen LogP contribution in [0, 0.1) is 16.7 Å². The van der Waals surface area contributed by atoms with Crippen molar-refractivity contribution in [1.29, 1.82) is 5.26 Å². The van der Waals surface area contributed by atoms with E-state index in [1.165, 1.54) is 25.9 Å². The molecule has 0 aromatic carbocycles. The van der Waals surface area contributed by atoms with E-state index in [2.05, 4.69) is 16.3 Å². The Balaban J connectivity index is 2.20. The molecule has 92 valence electrons. The Morgan fingerprint density at radius 3 is 2.88 bits per heavy atom. The molecule has 1 saturated heterocycles. The van der Waals surface area contributed by atoms with E-state index in [9.17, 15) is 0 Å². The van der Waals surface area contributed by atoms with Crippen molar-refractivity contribution in [3.8, 4) is 6.07 Å². The van der Waals surface area contributed by atoms with Gasteiger partial charge in [-0.3, -0.25) is 0 Å². The van der Waals surface area contributed by atoms with Gasteiger partial charge in [0.2, 0.25) is 0 Å². The molecule has 1 aliphatic rings. The molecule has 0 aromatic rings. The number of hydrogen-bond donors (Lipinski definition) is 1. The molecule has 16 heavy (non-hydrogen) atoms. The molecule has 0 spiro atoms. The molecule has 0 saturated carbocycles. The van der Waals surface area contributed by atoms with Gasteiger partial charge in [-0.2, -0.15) is 5.26 Å². The summed E-state index contributed by atoms with van der Waals surface area (Å²) in [5.41, 5.74) is -0.155. The number of nitriles is 1. The number of likely N-dealkylation sites (tertiary alicyclic amines) is 1. The van der Waals surface area contributed by atoms with E-state index in [0.29, 0.717) is 6.04 Å². The Morgan fingerprint density at radius 2 is 2.25 bits per heavy atom. The smallest absolute Gasteiger partial charge is 0.0683 e. The second-order valence-corrected chi connectivity index (χ2v) is 5.53. The zero-order valence-corrected chi connectivity index (χ0v) is 10.9. The molecular formula is C13H25N3. The number of nitrogens with one attached hydrogen (secondary N) is 1. The summed E-state index contributed by atoms with van der Waals surface area (Å²) in [6.45, 7) is 7.59. The number of rotatable bonds is 5. The Morgan fingerprint density at radius 1 is 1.50 bits per heavy atom. The lowest BCUT2D eigenvalue weighted by Gasteiger charge is -2.32. The van der Waals surface area contributed by atoms with E-state index in [0.717, 1.165) is 19.4 Å². The standard InChI is InChI=1S/C13H25N3/c1-13(2,11-14)7-5-9-16-8-4-6-12(10-16)15-3/h12,15H,4-10H2,1-3H3. The predicted octanol–water partition coefficient (Wildman–Crippen LogP) is 2.00. The van der Waals surface area contributed by atoms with Gasteiger partial charge in [0.05, 0.1) is 11.5 Å². The van der Waals surface area contributed by atoms with Gasteiger partial charge in [-0.1, -0.05) is 0 Å². The van der Waals surface area contributed by atoms with Crippen molar-refractivity contribution >= 4 is 0 Å². The topological polar surface area (TPSA) is 39.1 Å². The van der Waals surface area contributed by atoms with Crippen LogP contribution in [0.2, 0.25) is 0 Å². The molecule has 0 aromatic heterocycles. The van der Waals surface area contributed by atoms with Crippen molar-refractivity contribution < 1.29 is 0 Å². The molecule has 1 heterocycles. The summed E-state index contributed by atoms with van der Waals surface area (Å²) in [7, 11) is 2.05. The van der Waals surface area contributed by atoms with Crippen molar-refractivity contribution in [3.63, 3.8) is 0 Å². The van der Waals surface area contributed by atoms with Crippen LogP contribution in [0.3, 0.4) is 0 Å². The maximum Gasteiger partial charge on any atom is 0.0683 e. The van der Waals surface area contributed by atoms with Crippen LogP contribution in [-0.2, 0) is 0 Å². The second-order valence-electron chi connectivity index (χ2n) is 5.53.